The molecule has 0 radical (unpaired) electrons. The monoisotopic (exact) mass is 981 g/mol. The van der Waals surface area contributed by atoms with E-state index in [4.69, 9.17) is 23.3 Å². The van der Waals surface area contributed by atoms with Crippen LogP contribution in [-0.2, 0) is 42.2 Å². The summed E-state index contributed by atoms with van der Waals surface area (Å²) in [6, 6.07) is 0. The third kappa shape index (κ3) is 48.5. The molecule has 396 valence electrons. The van der Waals surface area contributed by atoms with Crippen LogP contribution in [0.5, 0.6) is 0 Å². The molecule has 0 aliphatic heterocycles. The van der Waals surface area contributed by atoms with Gasteiger partial charge < -0.3 is 24.2 Å². The highest BCUT2D eigenvalue weighted by Crippen LogP contribution is 2.43. The van der Waals surface area contributed by atoms with Crippen LogP contribution in [0.15, 0.2) is 48.6 Å². The van der Waals surface area contributed by atoms with E-state index in [9.17, 15) is 28.9 Å². The minimum Gasteiger partial charge on any atom is -0.462 e. The number of phosphoric acid groups is 1. The zero-order valence-corrected chi connectivity index (χ0v) is 44.5. The lowest BCUT2D eigenvalue weighted by atomic mass is 10.1. The van der Waals surface area contributed by atoms with Gasteiger partial charge in [-0.05, 0) is 96.3 Å². The van der Waals surface area contributed by atoms with Crippen molar-refractivity contribution in [2.24, 2.45) is 0 Å². The number of carbonyl (C=O) groups excluding carboxylic acids is 3. The van der Waals surface area contributed by atoms with Crippen molar-refractivity contribution in [2.75, 3.05) is 26.4 Å². The molecule has 11 nitrogen and oxygen atoms in total. The van der Waals surface area contributed by atoms with Gasteiger partial charge in [-0.3, -0.25) is 23.4 Å². The van der Waals surface area contributed by atoms with Crippen molar-refractivity contribution in [3.05, 3.63) is 48.6 Å². The van der Waals surface area contributed by atoms with Gasteiger partial charge in [-0.15, -0.1) is 0 Å². The first-order valence-electron chi connectivity index (χ1n) is 27.5. The van der Waals surface area contributed by atoms with Gasteiger partial charge in [-0.25, -0.2) is 4.57 Å². The molecule has 0 spiro atoms. The summed E-state index contributed by atoms with van der Waals surface area (Å²) in [5.41, 5.74) is 0. The molecule has 68 heavy (non-hydrogen) atoms. The molecule has 0 saturated heterocycles. The molecule has 3 unspecified atom stereocenters. The quantitative estimate of drug-likeness (QED) is 0.0197. The van der Waals surface area contributed by atoms with E-state index in [1.807, 2.05) is 0 Å². The number of phosphoric ester groups is 1. The molecular weight excluding hydrogens is 880 g/mol. The first-order chi connectivity index (χ1) is 33.2. The molecule has 0 aliphatic rings. The molecule has 0 fully saturated rings. The number of unbranched alkanes of at least 4 members (excludes halogenated alkanes) is 26. The largest absolute Gasteiger partial charge is 0.472 e. The lowest BCUT2D eigenvalue weighted by molar-refractivity contribution is -0.161. The van der Waals surface area contributed by atoms with Gasteiger partial charge in [-0.1, -0.05) is 185 Å². The molecule has 0 aromatic carbocycles. The Kier molecular flexibility index (Phi) is 48.9. The van der Waals surface area contributed by atoms with Crippen molar-refractivity contribution >= 4 is 25.7 Å². The van der Waals surface area contributed by atoms with E-state index in [0.29, 0.717) is 19.3 Å². The number of ether oxygens (including phenoxy) is 3. The third-order valence-electron chi connectivity index (χ3n) is 11.7. The van der Waals surface area contributed by atoms with Crippen LogP contribution in [0.25, 0.3) is 0 Å². The molecule has 2 N–H and O–H groups in total. The van der Waals surface area contributed by atoms with Crippen LogP contribution in [0.3, 0.4) is 0 Å². The molecular formula is C56H101O11P. The Labute approximate surface area is 415 Å². The number of carbonyl (C=O) groups is 3. The molecule has 12 heteroatoms. The summed E-state index contributed by atoms with van der Waals surface area (Å²) >= 11 is 0. The average Bonchev–Trinajstić information content (AvgIpc) is 3.32. The van der Waals surface area contributed by atoms with Crippen LogP contribution in [-0.4, -0.2) is 66.5 Å². The van der Waals surface area contributed by atoms with Crippen molar-refractivity contribution in [1.82, 2.24) is 0 Å². The van der Waals surface area contributed by atoms with Gasteiger partial charge >= 0.3 is 25.7 Å². The maximum absolute atomic E-state index is 12.9. The summed E-state index contributed by atoms with van der Waals surface area (Å²) in [7, 11) is -4.75. The molecule has 3 atom stereocenters. The molecule has 0 aromatic heterocycles. The summed E-state index contributed by atoms with van der Waals surface area (Å²) in [4.78, 5) is 48.4. The average molecular weight is 981 g/mol. The van der Waals surface area contributed by atoms with Gasteiger partial charge in [-0.2, -0.15) is 0 Å². The summed E-state index contributed by atoms with van der Waals surface area (Å²) in [6.45, 7) is 4.55. The normalized spacial score (nSPS) is 13.8. The van der Waals surface area contributed by atoms with E-state index in [2.05, 4.69) is 69.4 Å². The zero-order valence-electron chi connectivity index (χ0n) is 43.6. The predicted octanol–water partition coefficient (Wildman–Crippen LogP) is 15.8. The topological polar surface area (TPSA) is 155 Å². The van der Waals surface area contributed by atoms with Crippen LogP contribution in [0, 0.1) is 0 Å². The fourth-order valence-corrected chi connectivity index (χ4v) is 8.20. The third-order valence-corrected chi connectivity index (χ3v) is 12.6. The van der Waals surface area contributed by atoms with Crippen LogP contribution < -0.4 is 0 Å². The molecule has 0 aliphatic carbocycles. The smallest absolute Gasteiger partial charge is 0.462 e. The van der Waals surface area contributed by atoms with E-state index < -0.39 is 57.8 Å². The lowest BCUT2D eigenvalue weighted by Crippen LogP contribution is -2.30. The fourth-order valence-electron chi connectivity index (χ4n) is 7.42. The number of allylic oxidation sites excluding steroid dienone is 8. The first kappa shape index (κ1) is 65.4. The van der Waals surface area contributed by atoms with Gasteiger partial charge in [0.15, 0.2) is 6.10 Å². The minimum atomic E-state index is -4.75. The first-order valence-corrected chi connectivity index (χ1v) is 29.0. The Morgan fingerprint density at radius 2 is 0.735 bits per heavy atom. The van der Waals surface area contributed by atoms with Crippen LogP contribution in [0.4, 0.5) is 0 Å². The maximum atomic E-state index is 12.9. The van der Waals surface area contributed by atoms with E-state index in [0.717, 1.165) is 122 Å². The van der Waals surface area contributed by atoms with Crippen molar-refractivity contribution in [1.29, 1.82) is 0 Å². The lowest BCUT2D eigenvalue weighted by Gasteiger charge is -2.21. The van der Waals surface area contributed by atoms with Crippen molar-refractivity contribution in [3.63, 3.8) is 0 Å². The van der Waals surface area contributed by atoms with Gasteiger partial charge in [0.05, 0.1) is 19.8 Å². The second kappa shape index (κ2) is 50.8. The standard InChI is InChI=1S/C56H101O11P/c1-4-7-10-13-16-19-22-24-26-28-31-34-37-40-43-46-55(59)66-52(48-57)50-64-68(61,62)65-51-53(49-63-54(58)45-42-39-36-33-30-21-18-15-12-9-6-3)67-56(60)47-44-41-38-35-32-29-27-25-23-20-17-14-11-8-5-2/h15,17-18,20,24-27,52-53,57H,4-14,16,19,21-23,28-51H2,1-3H3,(H,61,62)/b18-15-,20-17-,26-24-,27-25-. The molecule has 0 aromatic rings. The highest BCUT2D eigenvalue weighted by Gasteiger charge is 2.28. The Balaban J connectivity index is 4.72. The molecule has 0 amide bonds. The van der Waals surface area contributed by atoms with Crippen LogP contribution in [0.2, 0.25) is 0 Å². The number of esters is 3. The SMILES string of the molecule is CCCC/C=C\CCCCCCCC(=O)OCC(COP(=O)(O)OCC(CO)OC(=O)CCCCCCC/C=C\CCCCCCCC)OC(=O)CCCCCCC/C=C\C/C=C\CCCCC. The van der Waals surface area contributed by atoms with E-state index in [1.165, 1.54) is 70.6 Å². The van der Waals surface area contributed by atoms with Crippen molar-refractivity contribution in [3.8, 4) is 0 Å². The van der Waals surface area contributed by atoms with Gasteiger partial charge in [0.1, 0.15) is 12.7 Å². The highest BCUT2D eigenvalue weighted by atomic mass is 31.2. The maximum Gasteiger partial charge on any atom is 0.472 e. The van der Waals surface area contributed by atoms with E-state index >= 15 is 0 Å². The molecule has 0 heterocycles. The van der Waals surface area contributed by atoms with Crippen molar-refractivity contribution in [2.45, 2.75) is 264 Å². The van der Waals surface area contributed by atoms with E-state index in [1.54, 1.807) is 0 Å². The molecule has 0 saturated carbocycles. The number of aliphatic hydroxyl groups is 1. The van der Waals surface area contributed by atoms with Crippen LogP contribution in [0.1, 0.15) is 252 Å². The predicted molar refractivity (Wildman–Crippen MR) is 279 cm³/mol. The van der Waals surface area contributed by atoms with Crippen molar-refractivity contribution < 1.29 is 52.2 Å². The Hall–Kier alpha value is -2.56. The van der Waals surface area contributed by atoms with Crippen LogP contribution >= 0.6 is 7.82 Å². The Bertz CT molecular complexity index is 1330. The summed E-state index contributed by atoms with van der Waals surface area (Å²) in [5.74, 6) is -1.49. The van der Waals surface area contributed by atoms with E-state index in [-0.39, 0.29) is 25.9 Å². The summed E-state index contributed by atoms with van der Waals surface area (Å²) in [6.07, 6.45) is 52.1. The molecule has 0 bridgehead atoms. The summed E-state index contributed by atoms with van der Waals surface area (Å²) in [5, 5.41) is 9.79. The molecule has 0 rings (SSSR count). The number of rotatable bonds is 51. The van der Waals surface area contributed by atoms with Gasteiger partial charge in [0, 0.05) is 19.3 Å². The summed E-state index contributed by atoms with van der Waals surface area (Å²) < 4.78 is 39.4. The highest BCUT2D eigenvalue weighted by molar-refractivity contribution is 7.47. The number of aliphatic hydroxyl groups excluding tert-OH is 1. The Morgan fingerprint density at radius 1 is 0.412 bits per heavy atom. The zero-order chi connectivity index (χ0) is 49.9. The van der Waals surface area contributed by atoms with Gasteiger partial charge in [0.2, 0.25) is 0 Å². The number of hydrogen-bond donors (Lipinski definition) is 2. The number of hydrogen-bond acceptors (Lipinski definition) is 10. The second-order valence-electron chi connectivity index (χ2n) is 18.4. The minimum absolute atomic E-state index is 0.150. The Morgan fingerprint density at radius 3 is 1.18 bits per heavy atom. The second-order valence-corrected chi connectivity index (χ2v) is 19.8. The van der Waals surface area contributed by atoms with Gasteiger partial charge in [0.25, 0.3) is 0 Å². The fraction of sp³-hybridized carbons (Fsp3) is 0.804.